The number of aromatic carboxylic acids is 1. The van der Waals surface area contributed by atoms with Gasteiger partial charge < -0.3 is 31.3 Å². The monoisotopic (exact) mass is 476 g/mol. The Hall–Kier alpha value is -3.77. The summed E-state index contributed by atoms with van der Waals surface area (Å²) in [6.07, 6.45) is -0.298. The maximum atomic E-state index is 14.4. The molecule has 1 saturated carbocycles. The number of primary amides is 1. The number of hydrogen-bond donors (Lipinski definition) is 6. The normalized spacial score (nSPS) is 28.6. The lowest BCUT2D eigenvalue weighted by Gasteiger charge is -2.50. The lowest BCUT2D eigenvalue weighted by Crippen LogP contribution is -2.65. The Balaban J connectivity index is 2.00. The Morgan fingerprint density at radius 2 is 1.82 bits per heavy atom. The van der Waals surface area contributed by atoms with Crippen LogP contribution in [0.15, 0.2) is 23.0 Å². The number of phenols is 1. The maximum absolute atomic E-state index is 14.4. The Morgan fingerprint density at radius 3 is 2.35 bits per heavy atom. The van der Waals surface area contributed by atoms with Crippen molar-refractivity contribution < 1.29 is 49.1 Å². The van der Waals surface area contributed by atoms with Crippen LogP contribution in [0.3, 0.4) is 0 Å². The van der Waals surface area contributed by atoms with Crippen molar-refractivity contribution in [2.75, 3.05) is 14.1 Å². The van der Waals surface area contributed by atoms with E-state index in [-0.39, 0.29) is 18.4 Å². The molecule has 0 heterocycles. The van der Waals surface area contributed by atoms with Gasteiger partial charge in [0.05, 0.1) is 11.6 Å². The van der Waals surface area contributed by atoms with Gasteiger partial charge in [0.25, 0.3) is 5.91 Å². The van der Waals surface area contributed by atoms with Crippen molar-refractivity contribution in [1.82, 2.24) is 4.90 Å². The number of amides is 1. The van der Waals surface area contributed by atoms with Gasteiger partial charge in [-0.2, -0.15) is 0 Å². The molecular formula is C22H21FN2O9. The van der Waals surface area contributed by atoms with Crippen molar-refractivity contribution in [2.24, 2.45) is 17.6 Å². The fraction of sp³-hybridized carbons (Fsp3) is 0.364. The molecule has 1 fully saturated rings. The molecule has 3 aliphatic rings. The summed E-state index contributed by atoms with van der Waals surface area (Å²) in [7, 11) is 2.93. The van der Waals surface area contributed by atoms with E-state index in [9.17, 15) is 49.1 Å². The van der Waals surface area contributed by atoms with Crippen LogP contribution in [0.5, 0.6) is 5.75 Å². The summed E-state index contributed by atoms with van der Waals surface area (Å²) >= 11 is 0. The molecule has 0 unspecified atom stereocenters. The van der Waals surface area contributed by atoms with E-state index in [0.29, 0.717) is 0 Å². The number of halogens is 1. The number of carbonyl (C=O) groups is 4. The molecule has 1 amide bonds. The van der Waals surface area contributed by atoms with Gasteiger partial charge in [-0.3, -0.25) is 19.3 Å². The van der Waals surface area contributed by atoms with Gasteiger partial charge in [0.15, 0.2) is 11.4 Å². The molecule has 0 saturated heterocycles. The number of ketones is 2. The summed E-state index contributed by atoms with van der Waals surface area (Å²) in [4.78, 5) is 51.2. The highest BCUT2D eigenvalue weighted by atomic mass is 19.1. The number of rotatable bonds is 3. The highest BCUT2D eigenvalue weighted by Crippen LogP contribution is 2.53. The first-order valence-corrected chi connectivity index (χ1v) is 10.2. The van der Waals surface area contributed by atoms with Crippen molar-refractivity contribution >= 4 is 29.2 Å². The van der Waals surface area contributed by atoms with Crippen LogP contribution >= 0.6 is 0 Å². The molecule has 1 aromatic rings. The number of aliphatic hydroxyl groups is 3. The van der Waals surface area contributed by atoms with Crippen LogP contribution in [0.4, 0.5) is 4.39 Å². The number of nitrogens with zero attached hydrogens (tertiary/aromatic N) is 1. The van der Waals surface area contributed by atoms with Gasteiger partial charge in [0.2, 0.25) is 5.78 Å². The highest BCUT2D eigenvalue weighted by Gasteiger charge is 2.64. The standard InChI is InChI=1S/C22H21FN2O9/c1-25(2)14-8-4-6-3-7-5-9(23)12(21(32)33)16(27)10(7)15(26)11(6)18(29)22(8,34)19(30)13(17(14)28)20(24)31/h5-6,8,14,26-27,30,34H,3-4H2,1-2H3,(H2,24,31)(H,32,33)/t6-,8-,14-,22-/m0/s1. The van der Waals surface area contributed by atoms with Crippen LogP contribution in [0.2, 0.25) is 0 Å². The lowest BCUT2D eigenvalue weighted by atomic mass is 9.57. The number of carboxylic acids is 1. The molecule has 3 aliphatic carbocycles. The number of hydrogen-bond acceptors (Lipinski definition) is 9. The summed E-state index contributed by atoms with van der Waals surface area (Å²) < 4.78 is 14.4. The molecule has 1 aromatic carbocycles. The fourth-order valence-corrected chi connectivity index (χ4v) is 5.47. The van der Waals surface area contributed by atoms with E-state index in [2.05, 4.69) is 0 Å². The summed E-state index contributed by atoms with van der Waals surface area (Å²) in [6, 6.07) is -0.411. The smallest absolute Gasteiger partial charge is 0.342 e. The second-order valence-corrected chi connectivity index (χ2v) is 8.88. The van der Waals surface area contributed by atoms with Crippen LogP contribution < -0.4 is 5.73 Å². The minimum atomic E-state index is -2.81. The van der Waals surface area contributed by atoms with Crippen molar-refractivity contribution in [3.8, 4) is 5.75 Å². The molecule has 4 atom stereocenters. The number of aliphatic hydroxyl groups excluding tert-OH is 2. The predicted molar refractivity (Wildman–Crippen MR) is 111 cm³/mol. The third kappa shape index (κ3) is 2.82. The molecule has 0 aromatic heterocycles. The Morgan fingerprint density at radius 1 is 1.21 bits per heavy atom. The van der Waals surface area contributed by atoms with Crippen molar-refractivity contribution in [3.63, 3.8) is 0 Å². The van der Waals surface area contributed by atoms with E-state index in [4.69, 9.17) is 5.73 Å². The third-order valence-corrected chi connectivity index (χ3v) is 6.88. The number of likely N-dealkylation sites (N-methyl/N-ethyl adjacent to an activating group) is 1. The summed E-state index contributed by atoms with van der Waals surface area (Å²) in [5.74, 6) is -11.9. The number of Topliss-reactive ketones (excluding diaryl/α,β-unsaturated/α-hetero) is 2. The first kappa shape index (κ1) is 23.4. The zero-order chi connectivity index (χ0) is 25.4. The summed E-state index contributed by atoms with van der Waals surface area (Å²) in [6.45, 7) is 0. The van der Waals surface area contributed by atoms with Crippen molar-refractivity contribution in [2.45, 2.75) is 24.5 Å². The molecular weight excluding hydrogens is 455 g/mol. The number of nitrogens with two attached hydrogens (primary N) is 1. The van der Waals surface area contributed by atoms with Crippen LogP contribution in [-0.2, 0) is 20.8 Å². The first-order chi connectivity index (χ1) is 15.7. The van der Waals surface area contributed by atoms with E-state index < -0.39 is 92.3 Å². The SMILES string of the molecule is CN(C)[C@@H]1C(=O)C(C(N)=O)=C(O)[C@@]2(O)C(=O)C3=C(O)c4c(cc(F)c(C(=O)O)c4O)C[C@H]3C[C@@H]12. The van der Waals surface area contributed by atoms with Gasteiger partial charge in [-0.05, 0) is 44.5 Å². The maximum Gasteiger partial charge on any atom is 0.342 e. The summed E-state index contributed by atoms with van der Waals surface area (Å²) in [5.41, 5.74) is -0.558. The van der Waals surface area contributed by atoms with Crippen LogP contribution in [0.25, 0.3) is 5.76 Å². The van der Waals surface area contributed by atoms with Crippen LogP contribution in [0.1, 0.15) is 27.9 Å². The minimum absolute atomic E-state index is 0.0191. The average molecular weight is 476 g/mol. The molecule has 7 N–H and O–H groups in total. The third-order valence-electron chi connectivity index (χ3n) is 6.88. The molecule has 0 spiro atoms. The van der Waals surface area contributed by atoms with Crippen LogP contribution in [0, 0.1) is 17.7 Å². The number of carboxylic acid groups (broad SMARTS) is 1. The van der Waals surface area contributed by atoms with E-state index in [1.54, 1.807) is 0 Å². The molecule has 12 heteroatoms. The van der Waals surface area contributed by atoms with Gasteiger partial charge >= 0.3 is 5.97 Å². The zero-order valence-electron chi connectivity index (χ0n) is 18.0. The van der Waals surface area contributed by atoms with Gasteiger partial charge in [-0.25, -0.2) is 9.18 Å². The highest BCUT2D eigenvalue weighted by molar-refractivity contribution is 6.24. The van der Waals surface area contributed by atoms with Crippen molar-refractivity contribution in [1.29, 1.82) is 0 Å². The largest absolute Gasteiger partial charge is 0.508 e. The van der Waals surface area contributed by atoms with Gasteiger partial charge in [-0.15, -0.1) is 0 Å². The predicted octanol–water partition coefficient (Wildman–Crippen LogP) is -0.199. The molecule has 0 radical (unpaired) electrons. The van der Waals surface area contributed by atoms with Crippen LogP contribution in [-0.4, -0.2) is 79.6 Å². The lowest BCUT2D eigenvalue weighted by molar-refractivity contribution is -0.153. The van der Waals surface area contributed by atoms with E-state index in [1.807, 2.05) is 0 Å². The Bertz CT molecular complexity index is 1270. The van der Waals surface area contributed by atoms with E-state index in [1.165, 1.54) is 19.0 Å². The average Bonchev–Trinajstić information content (AvgIpc) is 2.69. The molecule has 4 rings (SSSR count). The van der Waals surface area contributed by atoms with E-state index in [0.717, 1.165) is 6.07 Å². The van der Waals surface area contributed by atoms with Gasteiger partial charge in [-0.1, -0.05) is 0 Å². The number of carbonyl (C=O) groups excluding carboxylic acids is 3. The molecule has 0 bridgehead atoms. The number of aromatic hydroxyl groups is 1. The topological polar surface area (TPSA) is 199 Å². The Kier molecular flexibility index (Phi) is 5.07. The molecule has 34 heavy (non-hydrogen) atoms. The Labute approximate surface area is 191 Å². The minimum Gasteiger partial charge on any atom is -0.508 e. The second-order valence-electron chi connectivity index (χ2n) is 8.88. The second kappa shape index (κ2) is 7.37. The molecule has 180 valence electrons. The number of benzene rings is 1. The van der Waals surface area contributed by atoms with Crippen molar-refractivity contribution in [3.05, 3.63) is 45.5 Å². The number of fused-ring (bicyclic) bond motifs is 3. The van der Waals surface area contributed by atoms with Gasteiger partial charge in [0.1, 0.15) is 34.2 Å². The first-order valence-electron chi connectivity index (χ1n) is 10.2. The summed E-state index contributed by atoms with van der Waals surface area (Å²) in [5, 5.41) is 52.6. The quantitative estimate of drug-likeness (QED) is 0.318. The fourth-order valence-electron chi connectivity index (χ4n) is 5.47. The molecule has 0 aliphatic heterocycles. The molecule has 11 nitrogen and oxygen atoms in total. The zero-order valence-corrected chi connectivity index (χ0v) is 18.0. The van der Waals surface area contributed by atoms with E-state index >= 15 is 0 Å². The van der Waals surface area contributed by atoms with Gasteiger partial charge in [0, 0.05) is 11.5 Å².